The van der Waals surface area contributed by atoms with Gasteiger partial charge in [-0.1, -0.05) is 13.0 Å². The van der Waals surface area contributed by atoms with Crippen molar-refractivity contribution in [2.75, 3.05) is 26.2 Å². The zero-order chi connectivity index (χ0) is 12.1. The molecule has 0 aromatic rings. The number of nitrogens with zero attached hydrogens (tertiary/aromatic N) is 2. The van der Waals surface area contributed by atoms with Gasteiger partial charge in [0.1, 0.15) is 0 Å². The smallest absolute Gasteiger partial charge is 0.249 e. The average molecular weight is 224 g/mol. The molecule has 0 aromatic heterocycles. The third kappa shape index (κ3) is 3.34. The lowest BCUT2D eigenvalue weighted by Gasteiger charge is -2.37. The van der Waals surface area contributed by atoms with Crippen LogP contribution in [0.25, 0.3) is 0 Å². The van der Waals surface area contributed by atoms with Gasteiger partial charge in [-0.15, -0.1) is 0 Å². The summed E-state index contributed by atoms with van der Waals surface area (Å²) in [4.78, 5) is 16.4. The summed E-state index contributed by atoms with van der Waals surface area (Å²) in [5.41, 5.74) is 0.889. The summed E-state index contributed by atoms with van der Waals surface area (Å²) in [6, 6.07) is 0.588. The van der Waals surface area contributed by atoms with Crippen molar-refractivity contribution in [2.24, 2.45) is 0 Å². The van der Waals surface area contributed by atoms with Gasteiger partial charge in [0.25, 0.3) is 0 Å². The fraction of sp³-hybridized carbons (Fsp3) is 0.769. The third-order valence-electron chi connectivity index (χ3n) is 3.18. The van der Waals surface area contributed by atoms with Gasteiger partial charge in [0.05, 0.1) is 0 Å². The summed E-state index contributed by atoms with van der Waals surface area (Å²) in [6.07, 6.45) is 2.95. The number of carbonyl (C=O) groups is 1. The highest BCUT2D eigenvalue weighted by atomic mass is 16.2. The average Bonchev–Trinajstić information content (AvgIpc) is 2.28. The molecule has 1 aliphatic heterocycles. The molecule has 0 aromatic carbocycles. The Morgan fingerprint density at radius 2 is 1.81 bits per heavy atom. The van der Waals surface area contributed by atoms with Gasteiger partial charge in [0, 0.05) is 37.8 Å². The van der Waals surface area contributed by atoms with E-state index in [2.05, 4.69) is 25.7 Å². The minimum absolute atomic E-state index is 0.213. The molecule has 0 atom stereocenters. The summed E-state index contributed by atoms with van der Waals surface area (Å²) in [6.45, 7) is 12.1. The Morgan fingerprint density at radius 1 is 1.25 bits per heavy atom. The molecule has 0 N–H and O–H groups in total. The van der Waals surface area contributed by atoms with Crippen LogP contribution in [0, 0.1) is 0 Å². The standard InChI is InChI=1S/C13H24N2O/c1-5-6-12(4)13(16)15-9-7-14(8-10-15)11(2)3/h6,11H,5,7-10H2,1-4H3/b12-6-. The molecule has 1 heterocycles. The van der Waals surface area contributed by atoms with Crippen LogP contribution < -0.4 is 0 Å². The lowest BCUT2D eigenvalue weighted by atomic mass is 10.2. The van der Waals surface area contributed by atoms with E-state index in [4.69, 9.17) is 0 Å². The highest BCUT2D eigenvalue weighted by Crippen LogP contribution is 2.09. The summed E-state index contributed by atoms with van der Waals surface area (Å²) < 4.78 is 0. The highest BCUT2D eigenvalue weighted by molar-refractivity contribution is 5.92. The van der Waals surface area contributed by atoms with Crippen molar-refractivity contribution in [3.8, 4) is 0 Å². The first kappa shape index (κ1) is 13.2. The number of piperazine rings is 1. The minimum Gasteiger partial charge on any atom is -0.336 e. The summed E-state index contributed by atoms with van der Waals surface area (Å²) in [7, 11) is 0. The van der Waals surface area contributed by atoms with E-state index in [1.165, 1.54) is 0 Å². The van der Waals surface area contributed by atoms with Crippen LogP contribution in [-0.4, -0.2) is 47.9 Å². The Balaban J connectivity index is 2.48. The van der Waals surface area contributed by atoms with E-state index in [1.54, 1.807) is 0 Å². The van der Waals surface area contributed by atoms with Crippen molar-refractivity contribution in [3.63, 3.8) is 0 Å². The Labute approximate surface area is 99.1 Å². The van der Waals surface area contributed by atoms with E-state index >= 15 is 0 Å². The Bertz CT molecular complexity index is 263. The normalized spacial score (nSPS) is 19.3. The molecule has 0 radical (unpaired) electrons. The predicted octanol–water partition coefficient (Wildman–Crippen LogP) is 1.90. The maximum Gasteiger partial charge on any atom is 0.249 e. The summed E-state index contributed by atoms with van der Waals surface area (Å²) in [5, 5.41) is 0. The third-order valence-corrected chi connectivity index (χ3v) is 3.18. The van der Waals surface area contributed by atoms with E-state index in [0.29, 0.717) is 6.04 Å². The van der Waals surface area contributed by atoms with Crippen LogP contribution in [0.1, 0.15) is 34.1 Å². The molecule has 3 heteroatoms. The first-order valence-corrected chi connectivity index (χ1v) is 6.26. The molecular weight excluding hydrogens is 200 g/mol. The molecule has 1 fully saturated rings. The van der Waals surface area contributed by atoms with Crippen molar-refractivity contribution >= 4 is 5.91 Å². The summed E-state index contributed by atoms with van der Waals surface area (Å²) in [5.74, 6) is 0.213. The second-order valence-electron chi connectivity index (χ2n) is 4.72. The van der Waals surface area contributed by atoms with Crippen LogP contribution in [0.5, 0.6) is 0 Å². The van der Waals surface area contributed by atoms with Gasteiger partial charge >= 0.3 is 0 Å². The van der Waals surface area contributed by atoms with Crippen LogP contribution in [0.2, 0.25) is 0 Å². The molecule has 0 saturated carbocycles. The minimum atomic E-state index is 0.213. The SMILES string of the molecule is CC/C=C(/C)C(=O)N1CCN(C(C)C)CC1. The Hall–Kier alpha value is -0.830. The van der Waals surface area contributed by atoms with Crippen molar-refractivity contribution in [1.82, 2.24) is 9.80 Å². The van der Waals surface area contributed by atoms with Gasteiger partial charge in [-0.05, 0) is 27.2 Å². The lowest BCUT2D eigenvalue weighted by molar-refractivity contribution is -0.129. The quantitative estimate of drug-likeness (QED) is 0.684. The van der Waals surface area contributed by atoms with Gasteiger partial charge in [-0.2, -0.15) is 0 Å². The van der Waals surface area contributed by atoms with Crippen LogP contribution in [0.4, 0.5) is 0 Å². The molecule has 0 bridgehead atoms. The van der Waals surface area contributed by atoms with Gasteiger partial charge in [0.15, 0.2) is 0 Å². The predicted molar refractivity (Wildman–Crippen MR) is 67.3 cm³/mol. The van der Waals surface area contributed by atoms with Crippen molar-refractivity contribution in [3.05, 3.63) is 11.6 Å². The molecule has 0 unspecified atom stereocenters. The molecular formula is C13H24N2O. The van der Waals surface area contributed by atoms with Crippen molar-refractivity contribution in [1.29, 1.82) is 0 Å². The fourth-order valence-corrected chi connectivity index (χ4v) is 2.08. The number of amides is 1. The Morgan fingerprint density at radius 3 is 2.25 bits per heavy atom. The van der Waals surface area contributed by atoms with Crippen LogP contribution in [0.15, 0.2) is 11.6 Å². The number of hydrogen-bond acceptors (Lipinski definition) is 2. The number of allylic oxidation sites excluding steroid dienone is 1. The largest absolute Gasteiger partial charge is 0.336 e. The zero-order valence-corrected chi connectivity index (χ0v) is 11.0. The number of rotatable bonds is 3. The molecule has 16 heavy (non-hydrogen) atoms. The van der Waals surface area contributed by atoms with E-state index in [9.17, 15) is 4.79 Å². The molecule has 1 amide bonds. The van der Waals surface area contributed by atoms with Crippen molar-refractivity contribution < 1.29 is 4.79 Å². The highest BCUT2D eigenvalue weighted by Gasteiger charge is 2.22. The van der Waals surface area contributed by atoms with Crippen LogP contribution in [-0.2, 0) is 4.79 Å². The first-order valence-electron chi connectivity index (χ1n) is 6.26. The topological polar surface area (TPSA) is 23.6 Å². The van der Waals surface area contributed by atoms with Crippen LogP contribution >= 0.6 is 0 Å². The summed E-state index contributed by atoms with van der Waals surface area (Å²) >= 11 is 0. The second kappa shape index (κ2) is 6.04. The number of carbonyl (C=O) groups excluding carboxylic acids is 1. The Kier molecular flexibility index (Phi) is 5.00. The first-order chi connectivity index (χ1) is 7.56. The van der Waals surface area contributed by atoms with E-state index in [0.717, 1.165) is 38.2 Å². The van der Waals surface area contributed by atoms with Gasteiger partial charge in [-0.25, -0.2) is 0 Å². The molecule has 1 aliphatic rings. The molecule has 1 rings (SSSR count). The maximum absolute atomic E-state index is 12.0. The monoisotopic (exact) mass is 224 g/mol. The molecule has 0 aliphatic carbocycles. The molecule has 1 saturated heterocycles. The van der Waals surface area contributed by atoms with E-state index < -0.39 is 0 Å². The second-order valence-corrected chi connectivity index (χ2v) is 4.72. The molecule has 0 spiro atoms. The number of hydrogen-bond donors (Lipinski definition) is 0. The van der Waals surface area contributed by atoms with E-state index in [1.807, 2.05) is 17.9 Å². The van der Waals surface area contributed by atoms with Crippen LogP contribution in [0.3, 0.4) is 0 Å². The van der Waals surface area contributed by atoms with Crippen molar-refractivity contribution in [2.45, 2.75) is 40.2 Å². The van der Waals surface area contributed by atoms with Gasteiger partial charge in [-0.3, -0.25) is 9.69 Å². The van der Waals surface area contributed by atoms with E-state index in [-0.39, 0.29) is 5.91 Å². The maximum atomic E-state index is 12.0. The van der Waals surface area contributed by atoms with Gasteiger partial charge in [0.2, 0.25) is 5.91 Å². The fourth-order valence-electron chi connectivity index (χ4n) is 2.08. The molecule has 92 valence electrons. The lowest BCUT2D eigenvalue weighted by Crippen LogP contribution is -2.50. The van der Waals surface area contributed by atoms with Gasteiger partial charge < -0.3 is 4.90 Å². The zero-order valence-electron chi connectivity index (χ0n) is 11.0. The molecule has 3 nitrogen and oxygen atoms in total.